The Morgan fingerprint density at radius 2 is 1.86 bits per heavy atom. The fraction of sp³-hybridized carbons (Fsp3) is 0.208. The van der Waals surface area contributed by atoms with Crippen molar-refractivity contribution in [1.29, 1.82) is 0 Å². The maximum Gasteiger partial charge on any atom is 0.252 e. The zero-order chi connectivity index (χ0) is 19.8. The van der Waals surface area contributed by atoms with Gasteiger partial charge in [0, 0.05) is 34.9 Å². The summed E-state index contributed by atoms with van der Waals surface area (Å²) in [6.45, 7) is 0. The number of nitrogens with zero attached hydrogens (tertiary/aromatic N) is 2. The minimum absolute atomic E-state index is 0.124. The van der Waals surface area contributed by atoms with Crippen LogP contribution in [0, 0.1) is 5.92 Å². The highest BCUT2D eigenvalue weighted by atomic mass is 16.3. The molecule has 2 N–H and O–H groups in total. The molecule has 2 aromatic carbocycles. The van der Waals surface area contributed by atoms with Crippen molar-refractivity contribution < 1.29 is 9.90 Å². The van der Waals surface area contributed by atoms with Gasteiger partial charge >= 0.3 is 0 Å². The van der Waals surface area contributed by atoms with Crippen LogP contribution in [-0.2, 0) is 0 Å². The van der Waals surface area contributed by atoms with Gasteiger partial charge in [0.25, 0.3) is 5.91 Å². The number of aliphatic hydroxyl groups excluding tert-OH is 1. The van der Waals surface area contributed by atoms with Crippen LogP contribution in [0.3, 0.4) is 0 Å². The maximum atomic E-state index is 13.2. The summed E-state index contributed by atoms with van der Waals surface area (Å²) in [7, 11) is 0. The average Bonchev–Trinajstić information content (AvgIpc) is 2.74. The monoisotopic (exact) mass is 383 g/mol. The van der Waals surface area contributed by atoms with Crippen LogP contribution in [0.1, 0.15) is 34.8 Å². The molecule has 1 aliphatic rings. The van der Waals surface area contributed by atoms with Crippen molar-refractivity contribution in [2.24, 2.45) is 5.92 Å². The van der Waals surface area contributed by atoms with Crippen LogP contribution < -0.4 is 5.32 Å². The zero-order valence-electron chi connectivity index (χ0n) is 15.8. The van der Waals surface area contributed by atoms with Crippen LogP contribution in [-0.4, -0.2) is 27.1 Å². The summed E-state index contributed by atoms with van der Waals surface area (Å²) in [4.78, 5) is 21.9. The fourth-order valence-electron chi connectivity index (χ4n) is 4.17. The molecular weight excluding hydrogens is 362 g/mol. The van der Waals surface area contributed by atoms with Crippen LogP contribution in [0.5, 0.6) is 0 Å². The number of aliphatic hydroxyl groups is 1. The Hall–Kier alpha value is -3.31. The first-order chi connectivity index (χ1) is 14.2. The zero-order valence-corrected chi connectivity index (χ0v) is 15.8. The molecule has 0 aliphatic heterocycles. The van der Waals surface area contributed by atoms with Crippen molar-refractivity contribution in [1.82, 2.24) is 15.3 Å². The van der Waals surface area contributed by atoms with E-state index in [0.717, 1.165) is 27.2 Å². The van der Waals surface area contributed by atoms with Gasteiger partial charge < -0.3 is 10.4 Å². The van der Waals surface area contributed by atoms with Gasteiger partial charge in [0.2, 0.25) is 0 Å². The van der Waals surface area contributed by atoms with E-state index in [0.29, 0.717) is 18.4 Å². The first-order valence-electron chi connectivity index (χ1n) is 9.85. The van der Waals surface area contributed by atoms with Gasteiger partial charge in [-0.15, -0.1) is 0 Å². The molecular formula is C24H21N3O2. The number of pyridine rings is 2. The number of carbonyl (C=O) groups excluding carboxylic acids is 1. The number of nitrogens with one attached hydrogen (secondary N) is 1. The summed E-state index contributed by atoms with van der Waals surface area (Å²) in [5, 5.41) is 15.9. The Kier molecular flexibility index (Phi) is 4.45. The number of para-hydroxylation sites is 1. The summed E-state index contributed by atoms with van der Waals surface area (Å²) >= 11 is 0. The van der Waals surface area contributed by atoms with Crippen molar-refractivity contribution in [3.05, 3.63) is 84.3 Å². The molecule has 0 unspecified atom stereocenters. The number of rotatable bonds is 4. The Balaban J connectivity index is 1.50. The molecule has 5 heteroatoms. The summed E-state index contributed by atoms with van der Waals surface area (Å²) in [5.74, 6) is 0.0647. The molecule has 5 rings (SSSR count). The van der Waals surface area contributed by atoms with E-state index in [4.69, 9.17) is 0 Å². The number of fused-ring (bicyclic) bond motifs is 2. The number of hydrogen-bond acceptors (Lipinski definition) is 4. The standard InChI is InChI=1S/C24H21N3O2/c28-19-11-17(12-19)23(18-10-15-4-1-2-7-22(15)26-14-18)27-24(29)21-6-3-5-16-13-25-9-8-20(16)21/h1-10,13-14,17,19,23,28H,11-12H2,(H,27,29)/t17?,19?,23-/m1/s1. The van der Waals surface area contributed by atoms with Crippen LogP contribution in [0.2, 0.25) is 0 Å². The van der Waals surface area contributed by atoms with Crippen LogP contribution in [0.4, 0.5) is 0 Å². The third-order valence-electron chi connectivity index (χ3n) is 5.80. The molecule has 1 fully saturated rings. The molecule has 2 aromatic heterocycles. The largest absolute Gasteiger partial charge is 0.393 e. The molecule has 5 nitrogen and oxygen atoms in total. The van der Waals surface area contributed by atoms with E-state index in [1.54, 1.807) is 12.4 Å². The van der Waals surface area contributed by atoms with Gasteiger partial charge in [-0.1, -0.05) is 30.3 Å². The van der Waals surface area contributed by atoms with Gasteiger partial charge in [-0.3, -0.25) is 14.8 Å². The minimum atomic E-state index is -0.295. The summed E-state index contributed by atoms with van der Waals surface area (Å²) in [5.41, 5.74) is 2.52. The van der Waals surface area contributed by atoms with Gasteiger partial charge in [-0.25, -0.2) is 0 Å². The molecule has 1 atom stereocenters. The molecule has 0 bridgehead atoms. The van der Waals surface area contributed by atoms with Crippen molar-refractivity contribution in [3.63, 3.8) is 0 Å². The molecule has 0 saturated heterocycles. The van der Waals surface area contributed by atoms with Gasteiger partial charge in [0.1, 0.15) is 0 Å². The SMILES string of the molecule is O=C(N[C@@H](c1cnc2ccccc2c1)C1CC(O)C1)c1cccc2cnccc12. The molecule has 4 aromatic rings. The van der Waals surface area contributed by atoms with Crippen LogP contribution in [0.25, 0.3) is 21.7 Å². The van der Waals surface area contributed by atoms with Crippen molar-refractivity contribution in [2.45, 2.75) is 25.0 Å². The van der Waals surface area contributed by atoms with Gasteiger partial charge in [0.05, 0.1) is 17.7 Å². The first kappa shape index (κ1) is 17.8. The van der Waals surface area contributed by atoms with Gasteiger partial charge in [-0.2, -0.15) is 0 Å². The average molecular weight is 383 g/mol. The number of aromatic nitrogens is 2. The van der Waals surface area contributed by atoms with Crippen LogP contribution >= 0.6 is 0 Å². The molecule has 0 radical (unpaired) electrons. The lowest BCUT2D eigenvalue weighted by atomic mass is 9.75. The molecule has 1 aliphatic carbocycles. The summed E-state index contributed by atoms with van der Waals surface area (Å²) in [6.07, 6.45) is 6.36. The second-order valence-electron chi connectivity index (χ2n) is 7.70. The van der Waals surface area contributed by atoms with E-state index in [-0.39, 0.29) is 24.0 Å². The van der Waals surface area contributed by atoms with Crippen molar-refractivity contribution >= 4 is 27.6 Å². The minimum Gasteiger partial charge on any atom is -0.393 e. The second kappa shape index (κ2) is 7.26. The molecule has 1 saturated carbocycles. The predicted octanol–water partition coefficient (Wildman–Crippen LogP) is 4.03. The van der Waals surface area contributed by atoms with E-state index in [9.17, 15) is 9.90 Å². The highest BCUT2D eigenvalue weighted by Gasteiger charge is 2.36. The highest BCUT2D eigenvalue weighted by Crippen LogP contribution is 2.38. The molecule has 144 valence electrons. The normalized spacial score (nSPS) is 19.6. The van der Waals surface area contributed by atoms with Crippen molar-refractivity contribution in [3.8, 4) is 0 Å². The van der Waals surface area contributed by atoms with E-state index in [1.165, 1.54) is 0 Å². The van der Waals surface area contributed by atoms with Crippen LogP contribution in [0.15, 0.2) is 73.2 Å². The topological polar surface area (TPSA) is 75.1 Å². The lowest BCUT2D eigenvalue weighted by Gasteiger charge is -2.38. The van der Waals surface area contributed by atoms with Gasteiger partial charge in [0.15, 0.2) is 0 Å². The number of hydrogen-bond donors (Lipinski definition) is 2. The maximum absolute atomic E-state index is 13.2. The molecule has 0 spiro atoms. The Morgan fingerprint density at radius 3 is 2.72 bits per heavy atom. The lowest BCUT2D eigenvalue weighted by Crippen LogP contribution is -2.41. The summed E-state index contributed by atoms with van der Waals surface area (Å²) in [6, 6.07) is 17.4. The first-order valence-corrected chi connectivity index (χ1v) is 9.85. The predicted molar refractivity (Wildman–Crippen MR) is 112 cm³/mol. The molecule has 2 heterocycles. The highest BCUT2D eigenvalue weighted by molar-refractivity contribution is 6.07. The quantitative estimate of drug-likeness (QED) is 0.558. The number of carbonyl (C=O) groups is 1. The smallest absolute Gasteiger partial charge is 0.252 e. The lowest BCUT2D eigenvalue weighted by molar-refractivity contribution is 0.0235. The molecule has 1 amide bonds. The number of benzene rings is 2. The third-order valence-corrected chi connectivity index (χ3v) is 5.80. The summed E-state index contributed by atoms with van der Waals surface area (Å²) < 4.78 is 0. The Bertz CT molecular complexity index is 1200. The fourth-order valence-corrected chi connectivity index (χ4v) is 4.17. The Labute approximate surface area is 168 Å². The van der Waals surface area contributed by atoms with E-state index in [1.807, 2.05) is 54.7 Å². The van der Waals surface area contributed by atoms with Crippen molar-refractivity contribution in [2.75, 3.05) is 0 Å². The van der Waals surface area contributed by atoms with Gasteiger partial charge in [-0.05, 0) is 54.0 Å². The van der Waals surface area contributed by atoms with E-state index >= 15 is 0 Å². The van der Waals surface area contributed by atoms with E-state index < -0.39 is 0 Å². The van der Waals surface area contributed by atoms with E-state index in [2.05, 4.69) is 21.4 Å². The molecule has 29 heavy (non-hydrogen) atoms. The Morgan fingerprint density at radius 1 is 1.03 bits per heavy atom. The number of amides is 1. The second-order valence-corrected chi connectivity index (χ2v) is 7.70. The third kappa shape index (κ3) is 3.34.